The zero-order valence-corrected chi connectivity index (χ0v) is 21.8. The molecule has 0 radical (unpaired) electrons. The highest BCUT2D eigenvalue weighted by atomic mass is 32.3. The Morgan fingerprint density at radius 1 is 1.28 bits per heavy atom. The van der Waals surface area contributed by atoms with Crippen LogP contribution in [0.3, 0.4) is 0 Å². The predicted octanol–water partition coefficient (Wildman–Crippen LogP) is 3.45. The SMILES string of the molecule is CCCS(=O)(=O)NCc1csc2c1S(O)(O)N=C(c1c(O)c3ccccc3n(NCC3CC3)c1=O)N2. The number of nitrogens with one attached hydrogen (secondary N) is 3. The molecule has 2 aliphatic rings. The van der Waals surface area contributed by atoms with Gasteiger partial charge in [0.05, 0.1) is 11.3 Å². The number of pyridine rings is 1. The second-order valence-corrected chi connectivity index (χ2v) is 13.3. The van der Waals surface area contributed by atoms with Gasteiger partial charge in [-0.25, -0.2) is 17.8 Å². The Labute approximate surface area is 213 Å². The van der Waals surface area contributed by atoms with E-state index in [0.29, 0.717) is 40.4 Å². The summed E-state index contributed by atoms with van der Waals surface area (Å²) >= 11 is 1.13. The van der Waals surface area contributed by atoms with Gasteiger partial charge < -0.3 is 15.8 Å². The largest absolute Gasteiger partial charge is 0.506 e. The normalized spacial score (nSPS) is 17.8. The zero-order chi connectivity index (χ0) is 25.7. The lowest BCUT2D eigenvalue weighted by Crippen LogP contribution is -2.36. The minimum Gasteiger partial charge on any atom is -0.506 e. The summed E-state index contributed by atoms with van der Waals surface area (Å²) in [5.41, 5.74) is 3.23. The maximum Gasteiger partial charge on any atom is 0.284 e. The molecule has 3 aromatic rings. The highest BCUT2D eigenvalue weighted by Gasteiger charge is 2.34. The third kappa shape index (κ3) is 4.71. The molecule has 1 aliphatic heterocycles. The lowest BCUT2D eigenvalue weighted by Gasteiger charge is -2.33. The molecule has 0 unspecified atom stereocenters. The molecular formula is C22H27N5O6S3. The highest BCUT2D eigenvalue weighted by Crippen LogP contribution is 2.59. The Balaban J connectivity index is 1.55. The third-order valence-electron chi connectivity index (χ3n) is 6.02. The van der Waals surface area contributed by atoms with E-state index in [4.69, 9.17) is 0 Å². The van der Waals surface area contributed by atoms with Crippen molar-refractivity contribution in [3.05, 3.63) is 51.1 Å². The number of fused-ring (bicyclic) bond motifs is 2. The highest BCUT2D eigenvalue weighted by molar-refractivity contribution is 8.23. The molecule has 5 rings (SSSR count). The van der Waals surface area contributed by atoms with Crippen LogP contribution in [0.5, 0.6) is 5.75 Å². The van der Waals surface area contributed by atoms with E-state index >= 15 is 0 Å². The van der Waals surface area contributed by atoms with Gasteiger partial charge in [-0.2, -0.15) is 0 Å². The molecule has 11 nitrogen and oxygen atoms in total. The topological polar surface area (TPSA) is 165 Å². The van der Waals surface area contributed by atoms with Crippen LogP contribution in [0.2, 0.25) is 0 Å². The summed E-state index contributed by atoms with van der Waals surface area (Å²) < 4.78 is 53.9. The predicted molar refractivity (Wildman–Crippen MR) is 143 cm³/mol. The summed E-state index contributed by atoms with van der Waals surface area (Å²) in [6, 6.07) is 6.88. The van der Waals surface area contributed by atoms with Crippen molar-refractivity contribution >= 4 is 53.9 Å². The number of aromatic nitrogens is 1. The van der Waals surface area contributed by atoms with Crippen LogP contribution < -0.4 is 21.0 Å². The minimum absolute atomic E-state index is 0.0432. The molecule has 1 fully saturated rings. The van der Waals surface area contributed by atoms with E-state index in [1.807, 2.05) is 0 Å². The Morgan fingerprint density at radius 3 is 2.75 bits per heavy atom. The first-order valence-electron chi connectivity index (χ1n) is 11.4. The molecule has 194 valence electrons. The average Bonchev–Trinajstić information content (AvgIpc) is 3.54. The molecule has 0 bridgehead atoms. The van der Waals surface area contributed by atoms with Crippen molar-refractivity contribution in [2.45, 2.75) is 37.6 Å². The smallest absolute Gasteiger partial charge is 0.284 e. The second kappa shape index (κ2) is 9.36. The standard InChI is InChI=1S/C22H27N5O6S3/c1-2-9-35(30,31)24-11-14-12-34-21-19(14)36(32,33)26-20(25-21)17-18(28)15-5-3-4-6-16(15)27(22(17)29)23-10-13-7-8-13/h3-6,12-13,23-24,28,32-33H,2,7-11H2,1H3,(H,25,26). The maximum atomic E-state index is 13.5. The van der Waals surface area contributed by atoms with Gasteiger partial charge in [0, 0.05) is 24.0 Å². The average molecular weight is 554 g/mol. The summed E-state index contributed by atoms with van der Waals surface area (Å²) in [4.78, 5) is 13.6. The summed E-state index contributed by atoms with van der Waals surface area (Å²) in [5, 5.41) is 16.3. The lowest BCUT2D eigenvalue weighted by atomic mass is 10.1. The molecular weight excluding hydrogens is 526 g/mol. The van der Waals surface area contributed by atoms with Gasteiger partial charge in [-0.15, -0.1) is 15.7 Å². The number of hydrogen-bond donors (Lipinski definition) is 6. The van der Waals surface area contributed by atoms with Crippen LogP contribution in [0, 0.1) is 5.92 Å². The fourth-order valence-corrected chi connectivity index (χ4v) is 7.80. The van der Waals surface area contributed by atoms with Gasteiger partial charge >= 0.3 is 0 Å². The van der Waals surface area contributed by atoms with Crippen LogP contribution >= 0.6 is 22.1 Å². The quantitative estimate of drug-likeness (QED) is 0.234. The molecule has 1 saturated carbocycles. The van der Waals surface area contributed by atoms with Gasteiger partial charge in [0.2, 0.25) is 10.0 Å². The van der Waals surface area contributed by atoms with Gasteiger partial charge in [0.15, 0.2) is 5.84 Å². The van der Waals surface area contributed by atoms with E-state index in [9.17, 15) is 27.4 Å². The van der Waals surface area contributed by atoms with Gasteiger partial charge in [-0.05, 0) is 42.7 Å². The maximum absolute atomic E-state index is 13.5. The Morgan fingerprint density at radius 2 is 2.03 bits per heavy atom. The Bertz CT molecular complexity index is 1520. The number of aromatic hydroxyl groups is 1. The van der Waals surface area contributed by atoms with Crippen molar-refractivity contribution in [2.24, 2.45) is 10.3 Å². The minimum atomic E-state index is -3.80. The number of benzene rings is 1. The number of amidine groups is 1. The Kier molecular flexibility index (Phi) is 6.51. The first-order chi connectivity index (χ1) is 17.1. The van der Waals surface area contributed by atoms with Crippen molar-refractivity contribution in [2.75, 3.05) is 23.0 Å². The molecule has 6 N–H and O–H groups in total. The van der Waals surface area contributed by atoms with Crippen LogP contribution in [0.25, 0.3) is 10.9 Å². The van der Waals surface area contributed by atoms with Crippen LogP contribution in [-0.2, 0) is 16.6 Å². The van der Waals surface area contributed by atoms with E-state index in [-0.39, 0.29) is 34.3 Å². The van der Waals surface area contributed by atoms with Crippen LogP contribution in [0.1, 0.15) is 37.3 Å². The molecule has 0 atom stereocenters. The first kappa shape index (κ1) is 25.0. The summed E-state index contributed by atoms with van der Waals surface area (Å²) in [6.07, 6.45) is 2.61. The van der Waals surface area contributed by atoms with Gasteiger partial charge in [0.25, 0.3) is 5.56 Å². The zero-order valence-electron chi connectivity index (χ0n) is 19.4. The monoisotopic (exact) mass is 553 g/mol. The number of thiophene rings is 1. The van der Waals surface area contributed by atoms with Crippen molar-refractivity contribution in [3.63, 3.8) is 0 Å². The van der Waals surface area contributed by atoms with E-state index in [1.165, 1.54) is 4.68 Å². The molecule has 14 heteroatoms. The van der Waals surface area contributed by atoms with Crippen molar-refractivity contribution in [1.82, 2.24) is 9.40 Å². The van der Waals surface area contributed by atoms with Crippen molar-refractivity contribution in [3.8, 4) is 5.75 Å². The first-order valence-corrected chi connectivity index (χ1v) is 15.5. The fraction of sp³-hybridized carbons (Fsp3) is 0.364. The number of rotatable bonds is 9. The summed E-state index contributed by atoms with van der Waals surface area (Å²) in [5.74, 6) is -0.0584. The molecule has 36 heavy (non-hydrogen) atoms. The van der Waals surface area contributed by atoms with Crippen LogP contribution in [0.4, 0.5) is 5.00 Å². The number of sulfonamides is 1. The van der Waals surface area contributed by atoms with Crippen LogP contribution in [0.15, 0.2) is 43.7 Å². The van der Waals surface area contributed by atoms with E-state index < -0.39 is 26.4 Å². The van der Waals surface area contributed by atoms with Gasteiger partial charge in [-0.1, -0.05) is 29.8 Å². The van der Waals surface area contributed by atoms with E-state index in [1.54, 1.807) is 36.6 Å². The number of hydrogen-bond acceptors (Lipinski definition) is 10. The number of nitrogens with zero attached hydrogens (tertiary/aromatic N) is 2. The second-order valence-electron chi connectivity index (χ2n) is 8.83. The molecule has 0 saturated heterocycles. The van der Waals surface area contributed by atoms with Crippen molar-refractivity contribution < 1.29 is 22.6 Å². The fourth-order valence-electron chi connectivity index (χ4n) is 4.07. The molecule has 1 aromatic carbocycles. The van der Waals surface area contributed by atoms with Crippen LogP contribution in [-0.4, -0.2) is 45.4 Å². The Hall–Kier alpha value is -2.62. The summed E-state index contributed by atoms with van der Waals surface area (Å²) in [7, 11) is -7.31. The number of para-hydroxylation sites is 1. The van der Waals surface area contributed by atoms with Gasteiger partial charge in [-0.3, -0.25) is 13.9 Å². The molecule has 0 spiro atoms. The van der Waals surface area contributed by atoms with E-state index in [0.717, 1.165) is 24.2 Å². The lowest BCUT2D eigenvalue weighted by molar-refractivity contribution is 0.478. The summed E-state index contributed by atoms with van der Waals surface area (Å²) in [6.45, 7) is 2.21. The van der Waals surface area contributed by atoms with E-state index in [2.05, 4.69) is 19.9 Å². The third-order valence-corrected chi connectivity index (χ3v) is 10.1. The molecule has 0 amide bonds. The molecule has 1 aliphatic carbocycles. The van der Waals surface area contributed by atoms with Gasteiger partial charge in [0.1, 0.15) is 21.2 Å². The number of anilines is 1. The molecule has 3 heterocycles. The molecule has 2 aromatic heterocycles. The van der Waals surface area contributed by atoms with Crippen molar-refractivity contribution in [1.29, 1.82) is 0 Å².